The second kappa shape index (κ2) is 10.2. The average molecular weight is 529 g/mol. The van der Waals surface area contributed by atoms with Crippen molar-refractivity contribution in [2.75, 3.05) is 41.9 Å². The molecule has 0 radical (unpaired) electrons. The maximum absolute atomic E-state index is 11.7. The van der Waals surface area contributed by atoms with E-state index in [-0.39, 0.29) is 0 Å². The number of halogens is 1. The Kier molecular flexibility index (Phi) is 7.03. The van der Waals surface area contributed by atoms with E-state index < -0.39 is 10.0 Å². The van der Waals surface area contributed by atoms with Crippen LogP contribution in [0.25, 0.3) is 0 Å². The molecule has 2 unspecified atom stereocenters. The van der Waals surface area contributed by atoms with E-state index in [2.05, 4.69) is 48.4 Å². The lowest BCUT2D eigenvalue weighted by Crippen LogP contribution is -2.39. The lowest BCUT2D eigenvalue weighted by Gasteiger charge is -2.36. The van der Waals surface area contributed by atoms with Gasteiger partial charge in [-0.25, -0.2) is 13.4 Å². The number of hydrogen-bond acceptors (Lipinski definition) is 8. The first-order chi connectivity index (χ1) is 17.3. The second-order valence-corrected chi connectivity index (χ2v) is 11.3. The molecule has 11 heteroatoms. The van der Waals surface area contributed by atoms with Gasteiger partial charge in [0.15, 0.2) is 5.82 Å². The molecule has 190 valence electrons. The molecule has 2 aliphatic rings. The van der Waals surface area contributed by atoms with Crippen LogP contribution < -0.4 is 15.4 Å². The van der Waals surface area contributed by atoms with Gasteiger partial charge in [-0.3, -0.25) is 9.62 Å². The van der Waals surface area contributed by atoms with Gasteiger partial charge in [-0.05, 0) is 54.7 Å². The Hall–Kier alpha value is -2.92. The Morgan fingerprint density at radius 3 is 2.72 bits per heavy atom. The number of methoxy groups -OCH3 is 1. The number of fused-ring (bicyclic) bond motifs is 4. The molecule has 2 bridgehead atoms. The first-order valence-corrected chi connectivity index (χ1v) is 14.1. The van der Waals surface area contributed by atoms with Crippen LogP contribution in [0.1, 0.15) is 30.0 Å². The minimum absolute atomic E-state index is 0.311. The number of hydrogen-bond donors (Lipinski definition) is 3. The fourth-order valence-corrected chi connectivity index (χ4v) is 5.82. The maximum atomic E-state index is 11.7. The van der Waals surface area contributed by atoms with Crippen molar-refractivity contribution in [3.05, 3.63) is 64.8 Å². The highest BCUT2D eigenvalue weighted by atomic mass is 35.5. The van der Waals surface area contributed by atoms with E-state index in [4.69, 9.17) is 16.3 Å². The van der Waals surface area contributed by atoms with Crippen LogP contribution in [0.3, 0.4) is 0 Å². The Bertz CT molecular complexity index is 1370. The standard InChI is InChI=1S/C25H29ClN6O3S/c1-35-12-11-32-18-9-10-23(32)19-14-17(8-7-16(19)13-18)28-25-27-15-20(26)24(30-25)29-21-5-3-4-6-22(21)31-36(2,33)34/h3-8,14-15,18,23,31H,9-13H2,1-2H3,(H2,27,28,29,30). The number of rotatable bonds is 9. The number of anilines is 5. The predicted octanol–water partition coefficient (Wildman–Crippen LogP) is 4.70. The summed E-state index contributed by atoms with van der Waals surface area (Å²) in [5.74, 6) is 0.742. The molecule has 0 aliphatic carbocycles. The molecule has 2 aliphatic heterocycles. The van der Waals surface area contributed by atoms with E-state index >= 15 is 0 Å². The first-order valence-electron chi connectivity index (χ1n) is 11.8. The van der Waals surface area contributed by atoms with Crippen molar-refractivity contribution in [1.29, 1.82) is 0 Å². The molecule has 1 aromatic heterocycles. The molecule has 1 fully saturated rings. The van der Waals surface area contributed by atoms with Crippen LogP contribution in [0.2, 0.25) is 5.02 Å². The van der Waals surface area contributed by atoms with Gasteiger partial charge in [-0.2, -0.15) is 4.98 Å². The normalized spacial score (nSPS) is 19.1. The van der Waals surface area contributed by atoms with Crippen molar-refractivity contribution < 1.29 is 13.2 Å². The Balaban J connectivity index is 1.37. The molecule has 3 N–H and O–H groups in total. The summed E-state index contributed by atoms with van der Waals surface area (Å²) in [7, 11) is -1.70. The summed E-state index contributed by atoms with van der Waals surface area (Å²) in [5.41, 5.74) is 4.56. The summed E-state index contributed by atoms with van der Waals surface area (Å²) in [4.78, 5) is 11.5. The Morgan fingerprint density at radius 1 is 1.14 bits per heavy atom. The summed E-state index contributed by atoms with van der Waals surface area (Å²) >= 11 is 6.36. The Morgan fingerprint density at radius 2 is 1.94 bits per heavy atom. The molecule has 3 heterocycles. The van der Waals surface area contributed by atoms with E-state index in [1.54, 1.807) is 31.4 Å². The Labute approximate surface area is 216 Å². The average Bonchev–Trinajstić information content (AvgIpc) is 3.13. The van der Waals surface area contributed by atoms with Gasteiger partial charge >= 0.3 is 0 Å². The third kappa shape index (κ3) is 5.41. The van der Waals surface area contributed by atoms with E-state index in [1.807, 2.05) is 0 Å². The number of sulfonamides is 1. The molecular weight excluding hydrogens is 500 g/mol. The van der Waals surface area contributed by atoms with Crippen molar-refractivity contribution >= 4 is 50.5 Å². The molecule has 0 saturated carbocycles. The number of ether oxygens (including phenoxy) is 1. The minimum Gasteiger partial charge on any atom is -0.383 e. The largest absolute Gasteiger partial charge is 0.383 e. The van der Waals surface area contributed by atoms with Gasteiger partial charge in [0.05, 0.1) is 30.4 Å². The number of para-hydroxylation sites is 2. The van der Waals surface area contributed by atoms with Crippen molar-refractivity contribution in [3.63, 3.8) is 0 Å². The predicted molar refractivity (Wildman–Crippen MR) is 143 cm³/mol. The van der Waals surface area contributed by atoms with Gasteiger partial charge < -0.3 is 15.4 Å². The summed E-state index contributed by atoms with van der Waals surface area (Å²) in [5, 5.41) is 6.73. The monoisotopic (exact) mass is 528 g/mol. The summed E-state index contributed by atoms with van der Waals surface area (Å²) in [6.45, 7) is 1.67. The third-order valence-electron chi connectivity index (χ3n) is 6.63. The lowest BCUT2D eigenvalue weighted by atomic mass is 9.92. The zero-order valence-corrected chi connectivity index (χ0v) is 21.7. The van der Waals surface area contributed by atoms with Gasteiger partial charge in [-0.1, -0.05) is 29.8 Å². The van der Waals surface area contributed by atoms with Crippen LogP contribution in [0.4, 0.5) is 28.8 Å². The zero-order chi connectivity index (χ0) is 25.3. The van der Waals surface area contributed by atoms with Crippen LogP contribution in [0.15, 0.2) is 48.7 Å². The molecule has 2 aromatic carbocycles. The van der Waals surface area contributed by atoms with Crippen LogP contribution in [0.5, 0.6) is 0 Å². The number of benzene rings is 2. The molecule has 2 atom stereocenters. The highest BCUT2D eigenvalue weighted by Crippen LogP contribution is 2.44. The fourth-order valence-electron chi connectivity index (χ4n) is 5.10. The van der Waals surface area contributed by atoms with E-state index in [9.17, 15) is 8.42 Å². The van der Waals surface area contributed by atoms with E-state index in [1.165, 1.54) is 23.7 Å². The maximum Gasteiger partial charge on any atom is 0.229 e. The first kappa shape index (κ1) is 24.8. The van der Waals surface area contributed by atoms with Gasteiger partial charge in [0.2, 0.25) is 16.0 Å². The molecule has 0 amide bonds. The van der Waals surface area contributed by atoms with Crippen LogP contribution in [-0.4, -0.2) is 55.8 Å². The minimum atomic E-state index is -3.45. The van der Waals surface area contributed by atoms with Gasteiger partial charge in [-0.15, -0.1) is 0 Å². The van der Waals surface area contributed by atoms with Gasteiger partial charge in [0.1, 0.15) is 5.02 Å². The molecule has 5 rings (SSSR count). The smallest absolute Gasteiger partial charge is 0.229 e. The van der Waals surface area contributed by atoms with Crippen molar-refractivity contribution in [2.24, 2.45) is 0 Å². The summed E-state index contributed by atoms with van der Waals surface area (Å²) < 4.78 is 31.3. The van der Waals surface area contributed by atoms with Crippen molar-refractivity contribution in [3.8, 4) is 0 Å². The quantitative estimate of drug-likeness (QED) is 0.367. The van der Waals surface area contributed by atoms with Crippen LogP contribution in [-0.2, 0) is 21.2 Å². The molecule has 9 nitrogen and oxygen atoms in total. The second-order valence-electron chi connectivity index (χ2n) is 9.16. The number of aromatic nitrogens is 2. The lowest BCUT2D eigenvalue weighted by molar-refractivity contribution is 0.109. The highest BCUT2D eigenvalue weighted by molar-refractivity contribution is 7.92. The summed E-state index contributed by atoms with van der Waals surface area (Å²) in [6.07, 6.45) is 6.03. The van der Waals surface area contributed by atoms with Gasteiger partial charge in [0, 0.05) is 31.4 Å². The van der Waals surface area contributed by atoms with Gasteiger partial charge in [0.25, 0.3) is 0 Å². The van der Waals surface area contributed by atoms with Crippen molar-refractivity contribution in [2.45, 2.75) is 31.3 Å². The zero-order valence-electron chi connectivity index (χ0n) is 20.2. The number of nitrogens with one attached hydrogen (secondary N) is 3. The molecule has 36 heavy (non-hydrogen) atoms. The van der Waals surface area contributed by atoms with Crippen molar-refractivity contribution in [1.82, 2.24) is 14.9 Å². The molecule has 0 spiro atoms. The molecule has 3 aromatic rings. The number of nitrogens with zero attached hydrogens (tertiary/aromatic N) is 3. The molecule has 1 saturated heterocycles. The third-order valence-corrected chi connectivity index (χ3v) is 7.50. The van der Waals surface area contributed by atoms with E-state index in [0.717, 1.165) is 37.9 Å². The van der Waals surface area contributed by atoms with Crippen LogP contribution >= 0.6 is 11.6 Å². The highest BCUT2D eigenvalue weighted by Gasteiger charge is 2.39. The SMILES string of the molecule is COCCN1C2CCC1c1cc(Nc3ncc(Cl)c(Nc4ccccc4NS(C)(=O)=O)n3)ccc1C2. The molecular formula is C25H29ClN6O3S. The topological polar surface area (TPSA) is 108 Å². The van der Waals surface area contributed by atoms with E-state index in [0.29, 0.717) is 40.2 Å². The summed E-state index contributed by atoms with van der Waals surface area (Å²) in [6, 6.07) is 14.4. The van der Waals surface area contributed by atoms with Crippen LogP contribution in [0, 0.1) is 0 Å². The fraction of sp³-hybridized carbons (Fsp3) is 0.360.